The summed E-state index contributed by atoms with van der Waals surface area (Å²) in [5, 5.41) is 2.93. The van der Waals surface area contributed by atoms with Gasteiger partial charge in [-0.25, -0.2) is 0 Å². The molecule has 0 spiro atoms. The van der Waals surface area contributed by atoms with Crippen LogP contribution in [0, 0.1) is 0 Å². The third-order valence-electron chi connectivity index (χ3n) is 4.10. The van der Waals surface area contributed by atoms with Gasteiger partial charge in [0.05, 0.1) is 14.2 Å². The number of hydrogen-bond donors (Lipinski definition) is 2. The lowest BCUT2D eigenvalue weighted by Gasteiger charge is -2.26. The summed E-state index contributed by atoms with van der Waals surface area (Å²) in [5.74, 6) is 1.47. The first-order chi connectivity index (χ1) is 10.5. The van der Waals surface area contributed by atoms with E-state index in [1.54, 1.807) is 14.2 Å². The number of nitrogens with one attached hydrogen (secondary N) is 1. The number of rotatable bonds is 9. The van der Waals surface area contributed by atoms with E-state index in [2.05, 4.69) is 5.32 Å². The predicted octanol–water partition coefficient (Wildman–Crippen LogP) is 2.69. The van der Waals surface area contributed by atoms with Crippen LogP contribution in [-0.2, 0) is 11.2 Å². The summed E-state index contributed by atoms with van der Waals surface area (Å²) in [7, 11) is 3.23. The number of aryl methyl sites for hydroxylation is 1. The molecule has 132 valence electrons. The van der Waals surface area contributed by atoms with Crippen molar-refractivity contribution in [1.29, 1.82) is 0 Å². The molecular weight excluding hydrogens is 316 g/mol. The van der Waals surface area contributed by atoms with Gasteiger partial charge in [0, 0.05) is 24.6 Å². The maximum Gasteiger partial charge on any atom is 0.220 e. The highest BCUT2D eigenvalue weighted by Gasteiger charge is 2.20. The van der Waals surface area contributed by atoms with E-state index < -0.39 is 0 Å². The summed E-state index contributed by atoms with van der Waals surface area (Å²) in [5.41, 5.74) is 6.88. The van der Waals surface area contributed by atoms with E-state index in [-0.39, 0.29) is 23.9 Å². The molecule has 0 aromatic heterocycles. The minimum atomic E-state index is -0.311. The highest BCUT2D eigenvalue weighted by atomic mass is 35.5. The van der Waals surface area contributed by atoms with Gasteiger partial charge in [-0.15, -0.1) is 12.4 Å². The number of hydrogen-bond acceptors (Lipinski definition) is 4. The molecule has 5 nitrogen and oxygen atoms in total. The van der Waals surface area contributed by atoms with Crippen LogP contribution in [0.15, 0.2) is 18.2 Å². The van der Waals surface area contributed by atoms with Crippen molar-refractivity contribution >= 4 is 18.3 Å². The average Bonchev–Trinajstić information content (AvgIpc) is 2.57. The molecule has 0 unspecified atom stereocenters. The highest BCUT2D eigenvalue weighted by molar-refractivity contribution is 5.85. The lowest BCUT2D eigenvalue weighted by atomic mass is 9.94. The molecule has 0 aliphatic rings. The molecule has 1 amide bonds. The van der Waals surface area contributed by atoms with E-state index in [9.17, 15) is 4.79 Å². The van der Waals surface area contributed by atoms with Crippen molar-refractivity contribution in [3.8, 4) is 11.5 Å². The Morgan fingerprint density at radius 1 is 1.13 bits per heavy atom. The predicted molar refractivity (Wildman–Crippen MR) is 95.6 cm³/mol. The molecule has 0 radical (unpaired) electrons. The molecule has 1 aromatic carbocycles. The van der Waals surface area contributed by atoms with Crippen LogP contribution in [0.4, 0.5) is 0 Å². The first-order valence-electron chi connectivity index (χ1n) is 7.74. The molecule has 0 saturated carbocycles. The summed E-state index contributed by atoms with van der Waals surface area (Å²) in [6.45, 7) is 4.59. The average molecular weight is 345 g/mol. The van der Waals surface area contributed by atoms with E-state index in [1.807, 2.05) is 32.0 Å². The zero-order valence-electron chi connectivity index (χ0n) is 14.5. The maximum atomic E-state index is 12.0. The fraction of sp³-hybridized carbons (Fsp3) is 0.588. The van der Waals surface area contributed by atoms with Gasteiger partial charge in [0.25, 0.3) is 0 Å². The van der Waals surface area contributed by atoms with Crippen molar-refractivity contribution < 1.29 is 14.3 Å². The lowest BCUT2D eigenvalue weighted by molar-refractivity contribution is -0.121. The van der Waals surface area contributed by atoms with Crippen LogP contribution in [0.3, 0.4) is 0 Å². The van der Waals surface area contributed by atoms with Crippen LogP contribution >= 0.6 is 12.4 Å². The fourth-order valence-electron chi connectivity index (χ4n) is 2.13. The highest BCUT2D eigenvalue weighted by Crippen LogP contribution is 2.23. The van der Waals surface area contributed by atoms with E-state index in [0.717, 1.165) is 29.9 Å². The number of methoxy groups -OCH3 is 2. The van der Waals surface area contributed by atoms with Crippen LogP contribution in [0.25, 0.3) is 0 Å². The normalized spacial score (nSPS) is 10.7. The molecule has 6 heteroatoms. The second-order valence-electron chi connectivity index (χ2n) is 5.57. The molecule has 23 heavy (non-hydrogen) atoms. The monoisotopic (exact) mass is 344 g/mol. The van der Waals surface area contributed by atoms with Gasteiger partial charge in [-0.3, -0.25) is 4.79 Å². The van der Waals surface area contributed by atoms with Gasteiger partial charge in [-0.1, -0.05) is 13.8 Å². The Hall–Kier alpha value is -1.46. The Morgan fingerprint density at radius 2 is 1.65 bits per heavy atom. The minimum absolute atomic E-state index is 0. The largest absolute Gasteiger partial charge is 0.497 e. The van der Waals surface area contributed by atoms with Crippen molar-refractivity contribution in [2.75, 3.05) is 20.8 Å². The Morgan fingerprint density at radius 3 is 2.09 bits per heavy atom. The molecule has 0 saturated heterocycles. The number of carbonyl (C=O) groups excluding carboxylic acids is 1. The summed E-state index contributed by atoms with van der Waals surface area (Å²) in [4.78, 5) is 12.0. The molecule has 1 aromatic rings. The van der Waals surface area contributed by atoms with Crippen molar-refractivity contribution in [1.82, 2.24) is 5.32 Å². The fourth-order valence-corrected chi connectivity index (χ4v) is 2.13. The van der Waals surface area contributed by atoms with Crippen LogP contribution in [0.2, 0.25) is 0 Å². The summed E-state index contributed by atoms with van der Waals surface area (Å²) in [6.07, 6.45) is 2.74. The van der Waals surface area contributed by atoms with Crippen molar-refractivity contribution in [3.63, 3.8) is 0 Å². The summed E-state index contributed by atoms with van der Waals surface area (Å²) < 4.78 is 10.5. The quantitative estimate of drug-likeness (QED) is 0.722. The molecule has 0 aliphatic heterocycles. The molecule has 0 aliphatic carbocycles. The standard InChI is InChI=1S/C17H28N2O3.ClH/c1-5-17(18,6-2)12-19-16(20)8-7-13-9-14(21-3)11-15(10-13)22-4;/h9-11H,5-8,12,18H2,1-4H3,(H,19,20);1H. The molecule has 0 heterocycles. The van der Waals surface area contributed by atoms with E-state index in [0.29, 0.717) is 19.4 Å². The molecular formula is C17H29ClN2O3. The SMILES string of the molecule is CCC(N)(CC)CNC(=O)CCc1cc(OC)cc(OC)c1.Cl. The minimum Gasteiger partial charge on any atom is -0.497 e. The molecule has 3 N–H and O–H groups in total. The van der Waals surface area contributed by atoms with Crippen molar-refractivity contribution in [3.05, 3.63) is 23.8 Å². The van der Waals surface area contributed by atoms with Crippen LogP contribution in [0.5, 0.6) is 11.5 Å². The number of halogens is 1. The first kappa shape index (κ1) is 21.5. The second-order valence-corrected chi connectivity index (χ2v) is 5.57. The van der Waals surface area contributed by atoms with Crippen LogP contribution in [-0.4, -0.2) is 32.2 Å². The zero-order chi connectivity index (χ0) is 16.6. The number of carbonyl (C=O) groups is 1. The zero-order valence-corrected chi connectivity index (χ0v) is 15.3. The smallest absolute Gasteiger partial charge is 0.220 e. The van der Waals surface area contributed by atoms with Gasteiger partial charge >= 0.3 is 0 Å². The Bertz CT molecular complexity index is 468. The lowest BCUT2D eigenvalue weighted by Crippen LogP contribution is -2.49. The van der Waals surface area contributed by atoms with Crippen molar-refractivity contribution in [2.24, 2.45) is 5.73 Å². The summed E-state index contributed by atoms with van der Waals surface area (Å²) >= 11 is 0. The Balaban J connectivity index is 0.00000484. The number of ether oxygens (including phenoxy) is 2. The first-order valence-corrected chi connectivity index (χ1v) is 7.74. The molecule has 1 rings (SSSR count). The van der Waals surface area contributed by atoms with Gasteiger partial charge in [0.15, 0.2) is 0 Å². The molecule has 0 fully saturated rings. The van der Waals surface area contributed by atoms with E-state index in [1.165, 1.54) is 0 Å². The number of nitrogens with two attached hydrogens (primary N) is 1. The molecule has 0 bridgehead atoms. The topological polar surface area (TPSA) is 73.6 Å². The van der Waals surface area contributed by atoms with Crippen molar-refractivity contribution in [2.45, 2.75) is 45.1 Å². The van der Waals surface area contributed by atoms with Gasteiger partial charge in [0.2, 0.25) is 5.91 Å². The van der Waals surface area contributed by atoms with Gasteiger partial charge in [0.1, 0.15) is 11.5 Å². The Kier molecular flexibility index (Phi) is 9.68. The Labute approximate surface area is 145 Å². The summed E-state index contributed by atoms with van der Waals surface area (Å²) in [6, 6.07) is 5.65. The number of amides is 1. The van der Waals surface area contributed by atoms with Gasteiger partial charge < -0.3 is 20.5 Å². The van der Waals surface area contributed by atoms with E-state index >= 15 is 0 Å². The maximum absolute atomic E-state index is 12.0. The van der Waals surface area contributed by atoms with E-state index in [4.69, 9.17) is 15.2 Å². The van der Waals surface area contributed by atoms with Crippen LogP contribution in [0.1, 0.15) is 38.7 Å². The third kappa shape index (κ3) is 7.10. The molecule has 0 atom stereocenters. The van der Waals surface area contributed by atoms with Gasteiger partial charge in [-0.05, 0) is 37.0 Å². The van der Waals surface area contributed by atoms with Gasteiger partial charge in [-0.2, -0.15) is 0 Å². The van der Waals surface area contributed by atoms with Crippen LogP contribution < -0.4 is 20.5 Å². The number of benzene rings is 1. The second kappa shape index (κ2) is 10.3. The third-order valence-corrected chi connectivity index (χ3v) is 4.10.